The highest BCUT2D eigenvalue weighted by Gasteiger charge is 2.10. The summed E-state index contributed by atoms with van der Waals surface area (Å²) in [6, 6.07) is 19.5. The molecule has 3 aromatic rings. The van der Waals surface area contributed by atoms with E-state index in [1.807, 2.05) is 0 Å². The molecule has 0 fully saturated rings. The fourth-order valence-electron chi connectivity index (χ4n) is 2.60. The highest BCUT2D eigenvalue weighted by molar-refractivity contribution is 6.33. The van der Waals surface area contributed by atoms with Crippen LogP contribution >= 0.6 is 11.6 Å². The normalized spacial score (nSPS) is 10.4. The summed E-state index contributed by atoms with van der Waals surface area (Å²) in [7, 11) is 0. The molecule has 0 radical (unpaired) electrons. The third-order valence-electron chi connectivity index (χ3n) is 4.14. The maximum Gasteiger partial charge on any atom is 0.255 e. The summed E-state index contributed by atoms with van der Waals surface area (Å²) in [5.41, 5.74) is 2.33. The Hall–Kier alpha value is -3.18. The average molecular weight is 397 g/mol. The van der Waals surface area contributed by atoms with Crippen molar-refractivity contribution < 1.29 is 14.0 Å². The summed E-state index contributed by atoms with van der Waals surface area (Å²) in [5, 5.41) is 5.99. The molecule has 142 valence electrons. The highest BCUT2D eigenvalue weighted by atomic mass is 35.5. The van der Waals surface area contributed by atoms with E-state index < -0.39 is 0 Å². The number of anilines is 1. The smallest absolute Gasteiger partial charge is 0.255 e. The Morgan fingerprint density at radius 2 is 1.43 bits per heavy atom. The van der Waals surface area contributed by atoms with Crippen molar-refractivity contribution in [3.8, 4) is 0 Å². The zero-order valence-corrected chi connectivity index (χ0v) is 15.7. The van der Waals surface area contributed by atoms with Crippen molar-refractivity contribution in [2.45, 2.75) is 6.42 Å². The predicted octanol–water partition coefficient (Wildman–Crippen LogP) is 4.70. The van der Waals surface area contributed by atoms with Gasteiger partial charge in [-0.25, -0.2) is 4.39 Å². The quantitative estimate of drug-likeness (QED) is 0.634. The van der Waals surface area contributed by atoms with Crippen molar-refractivity contribution in [3.05, 3.63) is 100 Å². The van der Waals surface area contributed by atoms with Gasteiger partial charge >= 0.3 is 0 Å². The standard InChI is InChI=1S/C22H18ClFN2O2/c23-19-3-1-2-4-20(19)26-22(28)17-9-7-16(8-10-17)21(27)25-14-13-15-5-11-18(24)12-6-15/h1-12H,13-14H2,(H,25,27)(H,26,28). The van der Waals surface area contributed by atoms with E-state index >= 15 is 0 Å². The van der Waals surface area contributed by atoms with Crippen LogP contribution in [0.4, 0.5) is 10.1 Å². The molecular formula is C22H18ClFN2O2. The minimum Gasteiger partial charge on any atom is -0.352 e. The van der Waals surface area contributed by atoms with Gasteiger partial charge in [-0.3, -0.25) is 9.59 Å². The van der Waals surface area contributed by atoms with Gasteiger partial charge in [-0.15, -0.1) is 0 Å². The van der Waals surface area contributed by atoms with Crippen LogP contribution in [0.5, 0.6) is 0 Å². The first-order valence-corrected chi connectivity index (χ1v) is 9.09. The van der Waals surface area contributed by atoms with Crippen LogP contribution in [0, 0.1) is 5.82 Å². The van der Waals surface area contributed by atoms with E-state index in [1.54, 1.807) is 60.7 Å². The molecule has 0 aromatic heterocycles. The van der Waals surface area contributed by atoms with E-state index in [0.717, 1.165) is 5.56 Å². The zero-order chi connectivity index (χ0) is 19.9. The van der Waals surface area contributed by atoms with Crippen molar-refractivity contribution in [1.82, 2.24) is 5.32 Å². The first kappa shape index (κ1) is 19.6. The summed E-state index contributed by atoms with van der Waals surface area (Å²) in [4.78, 5) is 24.5. The lowest BCUT2D eigenvalue weighted by Gasteiger charge is -2.08. The molecule has 0 bridgehead atoms. The second kappa shape index (κ2) is 9.15. The number of carbonyl (C=O) groups excluding carboxylic acids is 2. The molecule has 0 aliphatic heterocycles. The molecule has 0 spiro atoms. The highest BCUT2D eigenvalue weighted by Crippen LogP contribution is 2.21. The van der Waals surface area contributed by atoms with Crippen LogP contribution in [0.15, 0.2) is 72.8 Å². The van der Waals surface area contributed by atoms with Gasteiger partial charge in [0.05, 0.1) is 10.7 Å². The van der Waals surface area contributed by atoms with Crippen LogP contribution in [0.3, 0.4) is 0 Å². The van der Waals surface area contributed by atoms with Crippen molar-refractivity contribution in [1.29, 1.82) is 0 Å². The van der Waals surface area contributed by atoms with Crippen LogP contribution in [0.1, 0.15) is 26.3 Å². The fraction of sp³-hybridized carbons (Fsp3) is 0.0909. The predicted molar refractivity (Wildman–Crippen MR) is 108 cm³/mol. The van der Waals surface area contributed by atoms with E-state index in [0.29, 0.717) is 34.8 Å². The molecule has 28 heavy (non-hydrogen) atoms. The number of hydrogen-bond donors (Lipinski definition) is 2. The molecule has 2 N–H and O–H groups in total. The van der Waals surface area contributed by atoms with Gasteiger partial charge in [0.2, 0.25) is 0 Å². The number of amides is 2. The summed E-state index contributed by atoms with van der Waals surface area (Å²) in [6.45, 7) is 0.430. The topological polar surface area (TPSA) is 58.2 Å². The van der Waals surface area contributed by atoms with Gasteiger partial charge in [0.15, 0.2) is 0 Å². The third-order valence-corrected chi connectivity index (χ3v) is 4.47. The van der Waals surface area contributed by atoms with E-state index in [9.17, 15) is 14.0 Å². The van der Waals surface area contributed by atoms with Gasteiger partial charge in [0.25, 0.3) is 11.8 Å². The summed E-state index contributed by atoms with van der Waals surface area (Å²) < 4.78 is 12.9. The lowest BCUT2D eigenvalue weighted by atomic mass is 10.1. The summed E-state index contributed by atoms with van der Waals surface area (Å²) in [6.07, 6.45) is 0.602. The van der Waals surface area contributed by atoms with Crippen LogP contribution in [0.25, 0.3) is 0 Å². The Morgan fingerprint density at radius 3 is 2.07 bits per heavy atom. The van der Waals surface area contributed by atoms with Crippen molar-refractivity contribution in [2.24, 2.45) is 0 Å². The van der Waals surface area contributed by atoms with Crippen molar-refractivity contribution >= 4 is 29.1 Å². The van der Waals surface area contributed by atoms with Gasteiger partial charge in [0, 0.05) is 17.7 Å². The average Bonchev–Trinajstić information content (AvgIpc) is 2.71. The Kier molecular flexibility index (Phi) is 6.40. The van der Waals surface area contributed by atoms with Gasteiger partial charge in [-0.1, -0.05) is 35.9 Å². The molecule has 6 heteroatoms. The second-order valence-corrected chi connectivity index (χ2v) is 6.55. The lowest BCUT2D eigenvalue weighted by Crippen LogP contribution is -2.25. The maximum absolute atomic E-state index is 12.9. The van der Waals surface area contributed by atoms with Crippen LogP contribution in [-0.2, 0) is 6.42 Å². The van der Waals surface area contributed by atoms with E-state index in [-0.39, 0.29) is 17.6 Å². The van der Waals surface area contributed by atoms with Gasteiger partial charge in [-0.2, -0.15) is 0 Å². The molecule has 0 saturated carbocycles. The van der Waals surface area contributed by atoms with E-state index in [2.05, 4.69) is 10.6 Å². The fourth-order valence-corrected chi connectivity index (χ4v) is 2.79. The zero-order valence-electron chi connectivity index (χ0n) is 14.9. The molecule has 0 aliphatic rings. The van der Waals surface area contributed by atoms with Gasteiger partial charge in [0.1, 0.15) is 5.82 Å². The molecule has 0 heterocycles. The molecule has 3 rings (SSSR count). The van der Waals surface area contributed by atoms with Gasteiger partial charge in [-0.05, 0) is 60.5 Å². The van der Waals surface area contributed by atoms with Crippen molar-refractivity contribution in [3.63, 3.8) is 0 Å². The number of benzene rings is 3. The number of para-hydroxylation sites is 1. The second-order valence-electron chi connectivity index (χ2n) is 6.14. The minimum absolute atomic E-state index is 0.236. The third kappa shape index (κ3) is 5.18. The number of hydrogen-bond acceptors (Lipinski definition) is 2. The molecule has 2 amide bonds. The van der Waals surface area contributed by atoms with Gasteiger partial charge < -0.3 is 10.6 Å². The maximum atomic E-state index is 12.9. The lowest BCUT2D eigenvalue weighted by molar-refractivity contribution is 0.0952. The monoisotopic (exact) mass is 396 g/mol. The largest absolute Gasteiger partial charge is 0.352 e. The SMILES string of the molecule is O=C(NCCc1ccc(F)cc1)c1ccc(C(=O)Nc2ccccc2Cl)cc1. The molecule has 0 saturated heterocycles. The molecule has 3 aromatic carbocycles. The van der Waals surface area contributed by atoms with E-state index in [4.69, 9.17) is 11.6 Å². The number of halogens is 2. The van der Waals surface area contributed by atoms with Crippen LogP contribution < -0.4 is 10.6 Å². The molecule has 0 atom stereocenters. The number of nitrogens with one attached hydrogen (secondary N) is 2. The molecule has 4 nitrogen and oxygen atoms in total. The molecule has 0 unspecified atom stereocenters. The number of rotatable bonds is 6. The Labute approximate surface area is 167 Å². The summed E-state index contributed by atoms with van der Waals surface area (Å²) in [5.74, 6) is -0.831. The first-order chi connectivity index (χ1) is 13.5. The molecular weight excluding hydrogens is 379 g/mol. The first-order valence-electron chi connectivity index (χ1n) is 8.71. The Bertz CT molecular complexity index is 973. The Morgan fingerprint density at radius 1 is 0.821 bits per heavy atom. The van der Waals surface area contributed by atoms with Crippen LogP contribution in [0.2, 0.25) is 5.02 Å². The number of carbonyl (C=O) groups is 2. The van der Waals surface area contributed by atoms with Crippen molar-refractivity contribution in [2.75, 3.05) is 11.9 Å². The Balaban J connectivity index is 1.54. The summed E-state index contributed by atoms with van der Waals surface area (Å²) >= 11 is 6.04. The van der Waals surface area contributed by atoms with Crippen LogP contribution in [-0.4, -0.2) is 18.4 Å². The molecule has 0 aliphatic carbocycles. The van der Waals surface area contributed by atoms with E-state index in [1.165, 1.54) is 12.1 Å². The minimum atomic E-state index is -0.309.